The third-order valence-electron chi connectivity index (χ3n) is 4.84. The quantitative estimate of drug-likeness (QED) is 0.625. The highest BCUT2D eigenvalue weighted by Crippen LogP contribution is 2.49. The fraction of sp³-hybridized carbons (Fsp3) is 0.250. The molecule has 0 aliphatic heterocycles. The zero-order valence-electron chi connectivity index (χ0n) is 12.3. The molecule has 4 rings (SSSR count). The highest BCUT2D eigenvalue weighted by Gasteiger charge is 2.33. The largest absolute Gasteiger partial charge is 0.256 e. The van der Waals surface area contributed by atoms with E-state index in [0.717, 1.165) is 5.52 Å². The average Bonchev–Trinajstić information content (AvgIpc) is 2.48. The summed E-state index contributed by atoms with van der Waals surface area (Å²) < 4.78 is 0. The molecule has 21 heavy (non-hydrogen) atoms. The lowest BCUT2D eigenvalue weighted by atomic mass is 9.67. The zero-order chi connectivity index (χ0) is 14.2. The van der Waals surface area contributed by atoms with Crippen molar-refractivity contribution >= 4 is 10.9 Å². The van der Waals surface area contributed by atoms with Crippen molar-refractivity contribution in [2.75, 3.05) is 0 Å². The highest BCUT2D eigenvalue weighted by atomic mass is 14.6. The van der Waals surface area contributed by atoms with Crippen LogP contribution >= 0.6 is 0 Å². The predicted molar refractivity (Wildman–Crippen MR) is 87.6 cm³/mol. The van der Waals surface area contributed by atoms with Gasteiger partial charge in [-0.1, -0.05) is 42.0 Å². The van der Waals surface area contributed by atoms with Crippen LogP contribution in [0.5, 0.6) is 0 Å². The lowest BCUT2D eigenvalue weighted by Gasteiger charge is -2.37. The third-order valence-corrected chi connectivity index (χ3v) is 4.84. The number of fused-ring (bicyclic) bond motifs is 1. The maximum absolute atomic E-state index is 4.41. The summed E-state index contributed by atoms with van der Waals surface area (Å²) in [4.78, 5) is 4.41. The minimum Gasteiger partial charge on any atom is -0.256 e. The van der Waals surface area contributed by atoms with E-state index in [2.05, 4.69) is 60.4 Å². The fourth-order valence-corrected chi connectivity index (χ4v) is 3.44. The molecule has 0 bridgehead atoms. The number of aryl methyl sites for hydroxylation is 1. The van der Waals surface area contributed by atoms with Gasteiger partial charge < -0.3 is 0 Å². The number of pyridine rings is 1. The minimum atomic E-state index is 0.664. The lowest BCUT2D eigenvalue weighted by Crippen LogP contribution is -2.21. The summed E-state index contributed by atoms with van der Waals surface area (Å²) in [6.07, 6.45) is 4.46. The van der Waals surface area contributed by atoms with E-state index >= 15 is 0 Å². The van der Waals surface area contributed by atoms with E-state index in [-0.39, 0.29) is 0 Å². The zero-order valence-corrected chi connectivity index (χ0v) is 12.3. The topological polar surface area (TPSA) is 12.9 Å². The Morgan fingerprint density at radius 3 is 2.33 bits per heavy atom. The molecule has 1 fully saturated rings. The van der Waals surface area contributed by atoms with Gasteiger partial charge in [0.25, 0.3) is 0 Å². The van der Waals surface area contributed by atoms with Crippen molar-refractivity contribution in [1.29, 1.82) is 0 Å². The van der Waals surface area contributed by atoms with Gasteiger partial charge in [-0.2, -0.15) is 0 Å². The van der Waals surface area contributed by atoms with E-state index in [4.69, 9.17) is 0 Å². The van der Waals surface area contributed by atoms with Gasteiger partial charge in [-0.25, -0.2) is 0 Å². The number of aromatic nitrogens is 1. The molecule has 1 aliphatic carbocycles. The van der Waals surface area contributed by atoms with Crippen LogP contribution in [0.25, 0.3) is 10.9 Å². The van der Waals surface area contributed by atoms with Crippen LogP contribution in [0.4, 0.5) is 0 Å². The average molecular weight is 273 g/mol. The number of nitrogens with zero attached hydrogens (tertiary/aromatic N) is 1. The number of hydrogen-bond acceptors (Lipinski definition) is 1. The Labute approximate surface area is 125 Å². The molecule has 0 N–H and O–H groups in total. The van der Waals surface area contributed by atoms with Gasteiger partial charge in [0.05, 0.1) is 5.52 Å². The molecule has 1 heteroatoms. The number of rotatable bonds is 2. The van der Waals surface area contributed by atoms with Gasteiger partial charge in [0.2, 0.25) is 0 Å². The van der Waals surface area contributed by atoms with Crippen LogP contribution in [0.3, 0.4) is 0 Å². The maximum atomic E-state index is 4.41. The standard InChI is InChI=1S/C20H19N/c1-14-4-6-15(7-5-14)18-9-10-19(18)16-8-11-20-17(13-16)3-2-12-21-20/h2-8,11-13,18-19H,9-10H2,1H3. The molecule has 1 saturated carbocycles. The molecule has 0 saturated heterocycles. The van der Waals surface area contributed by atoms with Crippen molar-refractivity contribution < 1.29 is 0 Å². The first kappa shape index (κ1) is 12.6. The monoisotopic (exact) mass is 273 g/mol. The molecule has 1 heterocycles. The number of benzene rings is 2. The van der Waals surface area contributed by atoms with Gasteiger partial charge in [-0.05, 0) is 60.9 Å². The Kier molecular flexibility index (Phi) is 2.99. The molecular weight excluding hydrogens is 254 g/mol. The van der Waals surface area contributed by atoms with Crippen LogP contribution in [0.1, 0.15) is 41.4 Å². The Balaban J connectivity index is 1.67. The van der Waals surface area contributed by atoms with Gasteiger partial charge in [0.1, 0.15) is 0 Å². The van der Waals surface area contributed by atoms with Crippen LogP contribution in [0.2, 0.25) is 0 Å². The normalized spacial score (nSPS) is 21.2. The van der Waals surface area contributed by atoms with Crippen LogP contribution in [-0.4, -0.2) is 4.98 Å². The minimum absolute atomic E-state index is 0.664. The Morgan fingerprint density at radius 2 is 1.57 bits per heavy atom. The lowest BCUT2D eigenvalue weighted by molar-refractivity contribution is 0.347. The van der Waals surface area contributed by atoms with Gasteiger partial charge in [0, 0.05) is 11.6 Å². The fourth-order valence-electron chi connectivity index (χ4n) is 3.44. The first-order chi connectivity index (χ1) is 10.3. The van der Waals surface area contributed by atoms with Crippen molar-refractivity contribution in [2.24, 2.45) is 0 Å². The summed E-state index contributed by atoms with van der Waals surface area (Å²) in [5.41, 5.74) is 5.38. The predicted octanol–water partition coefficient (Wildman–Crippen LogP) is 5.20. The van der Waals surface area contributed by atoms with Crippen molar-refractivity contribution in [3.05, 3.63) is 77.5 Å². The van der Waals surface area contributed by atoms with E-state index < -0.39 is 0 Å². The second kappa shape index (κ2) is 5.00. The second-order valence-electron chi connectivity index (χ2n) is 6.16. The van der Waals surface area contributed by atoms with Gasteiger partial charge in [-0.3, -0.25) is 4.98 Å². The van der Waals surface area contributed by atoms with Crippen LogP contribution < -0.4 is 0 Å². The Hall–Kier alpha value is -2.15. The number of hydrogen-bond donors (Lipinski definition) is 0. The summed E-state index contributed by atoms with van der Waals surface area (Å²) in [7, 11) is 0. The molecule has 1 nitrogen and oxygen atoms in total. The van der Waals surface area contributed by atoms with Gasteiger partial charge in [-0.15, -0.1) is 0 Å². The molecule has 1 aromatic heterocycles. The maximum Gasteiger partial charge on any atom is 0.0702 e. The van der Waals surface area contributed by atoms with Crippen molar-refractivity contribution in [3.63, 3.8) is 0 Å². The molecule has 0 spiro atoms. The molecule has 2 atom stereocenters. The molecule has 2 aromatic carbocycles. The molecule has 104 valence electrons. The summed E-state index contributed by atoms with van der Waals surface area (Å²) in [6, 6.07) is 20.0. The van der Waals surface area contributed by atoms with E-state index in [1.165, 1.54) is 34.9 Å². The smallest absolute Gasteiger partial charge is 0.0702 e. The van der Waals surface area contributed by atoms with E-state index in [1.807, 2.05) is 12.3 Å². The molecule has 3 aromatic rings. The van der Waals surface area contributed by atoms with Gasteiger partial charge >= 0.3 is 0 Å². The van der Waals surface area contributed by atoms with Crippen molar-refractivity contribution in [2.45, 2.75) is 31.6 Å². The van der Waals surface area contributed by atoms with Crippen LogP contribution in [0.15, 0.2) is 60.8 Å². The van der Waals surface area contributed by atoms with Gasteiger partial charge in [0.15, 0.2) is 0 Å². The molecular formula is C20H19N. The Bertz CT molecular complexity index is 773. The first-order valence-electron chi connectivity index (χ1n) is 7.72. The molecule has 0 amide bonds. The molecule has 0 radical (unpaired) electrons. The highest BCUT2D eigenvalue weighted by molar-refractivity contribution is 5.79. The van der Waals surface area contributed by atoms with E-state index in [1.54, 1.807) is 0 Å². The Morgan fingerprint density at radius 1 is 0.857 bits per heavy atom. The van der Waals surface area contributed by atoms with Crippen LogP contribution in [0, 0.1) is 6.92 Å². The van der Waals surface area contributed by atoms with Crippen molar-refractivity contribution in [3.8, 4) is 0 Å². The summed E-state index contributed by atoms with van der Waals surface area (Å²) in [5.74, 6) is 1.34. The summed E-state index contributed by atoms with van der Waals surface area (Å²) in [6.45, 7) is 2.15. The molecule has 2 unspecified atom stereocenters. The van der Waals surface area contributed by atoms with E-state index in [9.17, 15) is 0 Å². The van der Waals surface area contributed by atoms with E-state index in [0.29, 0.717) is 11.8 Å². The second-order valence-corrected chi connectivity index (χ2v) is 6.16. The third kappa shape index (κ3) is 2.23. The first-order valence-corrected chi connectivity index (χ1v) is 7.72. The SMILES string of the molecule is Cc1ccc(C2CCC2c2ccc3ncccc3c2)cc1. The summed E-state index contributed by atoms with van der Waals surface area (Å²) in [5, 5.41) is 1.25. The van der Waals surface area contributed by atoms with Crippen molar-refractivity contribution in [1.82, 2.24) is 4.98 Å². The van der Waals surface area contributed by atoms with Crippen LogP contribution in [-0.2, 0) is 0 Å². The summed E-state index contributed by atoms with van der Waals surface area (Å²) >= 11 is 0. The molecule has 1 aliphatic rings.